The molecule has 0 N–H and O–H groups in total. The molecule has 0 rings (SSSR count). The molecular formula is C3H10NaP. The van der Waals surface area contributed by atoms with Gasteiger partial charge in [-0.25, -0.2) is 0 Å². The van der Waals surface area contributed by atoms with Gasteiger partial charge in [-0.3, -0.25) is 0 Å². The fraction of sp³-hybridized carbons (Fsp3) is 0.667. The molecule has 2 heteroatoms. The third-order valence-electron chi connectivity index (χ3n) is 0. The van der Waals surface area contributed by atoms with E-state index in [4.69, 9.17) is 0 Å². The zero-order chi connectivity index (χ0) is 2.71. The molecule has 0 aromatic rings. The average Bonchev–Trinajstić information content (AvgIpc) is 0.918. The average molecular weight is 100 g/mol. The van der Waals surface area contributed by atoms with Gasteiger partial charge >= 0.3 is 29.6 Å². The van der Waals surface area contributed by atoms with Crippen molar-refractivity contribution in [3.8, 4) is 0 Å². The Bertz CT molecular complexity index is 6.85. The van der Waals surface area contributed by atoms with Crippen molar-refractivity contribution in [2.45, 2.75) is 13.3 Å². The Hall–Kier alpha value is 1.43. The predicted molar refractivity (Wildman–Crippen MR) is 26.8 cm³/mol. The van der Waals surface area contributed by atoms with Crippen molar-refractivity contribution in [3.63, 3.8) is 0 Å². The second kappa shape index (κ2) is 18.0. The van der Waals surface area contributed by atoms with Crippen molar-refractivity contribution >= 4 is 9.90 Å². The van der Waals surface area contributed by atoms with E-state index in [1.54, 1.807) is 0 Å². The van der Waals surface area contributed by atoms with E-state index in [0.717, 1.165) is 6.42 Å². The molecule has 0 aliphatic carbocycles. The van der Waals surface area contributed by atoms with Crippen LogP contribution in [0.5, 0.6) is 0 Å². The normalized spacial score (nSPS) is 3.60. The molecule has 0 nitrogen and oxygen atoms in total. The minimum atomic E-state index is 0. The molecule has 5 heavy (non-hydrogen) atoms. The Labute approximate surface area is 59.6 Å². The summed E-state index contributed by atoms with van der Waals surface area (Å²) in [6, 6.07) is 0. The van der Waals surface area contributed by atoms with Gasteiger partial charge in [0.05, 0.1) is 0 Å². The Kier molecular flexibility index (Phi) is 58.2. The van der Waals surface area contributed by atoms with Crippen molar-refractivity contribution in [3.05, 3.63) is 6.92 Å². The summed E-state index contributed by atoms with van der Waals surface area (Å²) >= 11 is 0. The maximum absolute atomic E-state index is 3.49. The number of hydrogen-bond acceptors (Lipinski definition) is 0. The fourth-order valence-electron chi connectivity index (χ4n) is 0. The molecule has 0 fully saturated rings. The van der Waals surface area contributed by atoms with Crippen LogP contribution in [0.2, 0.25) is 0 Å². The van der Waals surface area contributed by atoms with Crippen LogP contribution < -0.4 is 29.6 Å². The van der Waals surface area contributed by atoms with Crippen molar-refractivity contribution in [2.75, 3.05) is 0 Å². The van der Waals surface area contributed by atoms with Crippen LogP contribution in [-0.4, -0.2) is 0 Å². The molecule has 0 saturated carbocycles. The Balaban J connectivity index is -0.0000000200. The summed E-state index contributed by atoms with van der Waals surface area (Å²) in [4.78, 5) is 0. The molecule has 1 unspecified atom stereocenters. The Morgan fingerprint density at radius 2 is 1.60 bits per heavy atom. The first-order valence-electron chi connectivity index (χ1n) is 1.21. The van der Waals surface area contributed by atoms with Gasteiger partial charge in [0, 0.05) is 0 Å². The smallest absolute Gasteiger partial charge is 0.344 e. The summed E-state index contributed by atoms with van der Waals surface area (Å²) in [6.45, 7) is 5.50. The predicted octanol–water partition coefficient (Wildman–Crippen LogP) is -1.71. The van der Waals surface area contributed by atoms with E-state index in [2.05, 4.69) is 6.92 Å². The number of hydrogen-bond donors (Lipinski definition) is 0. The van der Waals surface area contributed by atoms with Gasteiger partial charge in [0.1, 0.15) is 0 Å². The van der Waals surface area contributed by atoms with E-state index in [9.17, 15) is 0 Å². The van der Waals surface area contributed by atoms with Crippen molar-refractivity contribution in [2.24, 2.45) is 0 Å². The fourth-order valence-corrected chi connectivity index (χ4v) is 0. The van der Waals surface area contributed by atoms with Gasteiger partial charge in [-0.1, -0.05) is 6.92 Å². The molecule has 1 atom stereocenters. The topological polar surface area (TPSA) is 0 Å². The maximum Gasteiger partial charge on any atom is 1.00 e. The van der Waals surface area contributed by atoms with Crippen LogP contribution in [0.1, 0.15) is 13.3 Å². The van der Waals surface area contributed by atoms with Gasteiger partial charge < -0.3 is 6.92 Å². The van der Waals surface area contributed by atoms with E-state index in [0.29, 0.717) is 0 Å². The Morgan fingerprint density at radius 1 is 1.60 bits per heavy atom. The van der Waals surface area contributed by atoms with Crippen LogP contribution in [0.4, 0.5) is 0 Å². The van der Waals surface area contributed by atoms with Gasteiger partial charge in [0.25, 0.3) is 0 Å². The van der Waals surface area contributed by atoms with Crippen LogP contribution in [0.25, 0.3) is 0 Å². The van der Waals surface area contributed by atoms with Crippen LogP contribution in [0.3, 0.4) is 0 Å². The summed E-state index contributed by atoms with van der Waals surface area (Å²) in [7, 11) is 0. The van der Waals surface area contributed by atoms with Gasteiger partial charge in [0.2, 0.25) is 0 Å². The second-order valence-electron chi connectivity index (χ2n) is 0.500. The summed E-state index contributed by atoms with van der Waals surface area (Å²) in [6.07, 6.45) is 1.00. The van der Waals surface area contributed by atoms with Gasteiger partial charge in [-0.2, -0.15) is 16.3 Å². The zero-order valence-corrected chi connectivity index (χ0v) is 7.54. The summed E-state index contributed by atoms with van der Waals surface area (Å²) in [5.74, 6) is 0. The summed E-state index contributed by atoms with van der Waals surface area (Å²) < 4.78 is 0. The van der Waals surface area contributed by atoms with Crippen LogP contribution in [-0.2, 0) is 0 Å². The minimum absolute atomic E-state index is 0. The standard InChI is InChI=1S/C3H7.Na.H3P/c1-3-2;;/h1,3H2,2H3;;1H3/q-1;+1;. The third-order valence-corrected chi connectivity index (χ3v) is 0. The molecular weight excluding hydrogens is 90.0 g/mol. The van der Waals surface area contributed by atoms with Crippen molar-refractivity contribution in [1.29, 1.82) is 0 Å². The molecule has 0 bridgehead atoms. The van der Waals surface area contributed by atoms with Gasteiger partial charge in [-0.15, -0.1) is 0 Å². The molecule has 0 saturated heterocycles. The zero-order valence-electron chi connectivity index (χ0n) is 4.12. The van der Waals surface area contributed by atoms with Crippen molar-refractivity contribution in [1.82, 2.24) is 0 Å². The largest absolute Gasteiger partial charge is 1.00 e. The maximum atomic E-state index is 3.49. The number of rotatable bonds is 0. The van der Waals surface area contributed by atoms with Gasteiger partial charge in [0.15, 0.2) is 0 Å². The quantitative estimate of drug-likeness (QED) is 0.193. The first-order valence-corrected chi connectivity index (χ1v) is 1.21. The SMILES string of the molecule is P.[CH2-]CC.[Na+]. The molecule has 0 radical (unpaired) electrons. The molecule has 0 amide bonds. The Morgan fingerprint density at radius 3 is 1.60 bits per heavy atom. The van der Waals surface area contributed by atoms with E-state index in [1.165, 1.54) is 0 Å². The van der Waals surface area contributed by atoms with Crippen LogP contribution >= 0.6 is 9.90 Å². The molecule has 28 valence electrons. The van der Waals surface area contributed by atoms with E-state index < -0.39 is 0 Å². The van der Waals surface area contributed by atoms with Crippen LogP contribution in [0, 0.1) is 6.92 Å². The molecule has 0 heterocycles. The first-order chi connectivity index (χ1) is 1.41. The summed E-state index contributed by atoms with van der Waals surface area (Å²) in [5.41, 5.74) is 0. The molecule has 0 aromatic carbocycles. The monoisotopic (exact) mass is 100 g/mol. The van der Waals surface area contributed by atoms with E-state index in [-0.39, 0.29) is 39.5 Å². The minimum Gasteiger partial charge on any atom is -0.344 e. The molecule has 0 spiro atoms. The molecule has 0 aliphatic heterocycles. The first kappa shape index (κ1) is 16.1. The summed E-state index contributed by atoms with van der Waals surface area (Å²) in [5, 5.41) is 0. The third kappa shape index (κ3) is 31.2. The van der Waals surface area contributed by atoms with E-state index >= 15 is 0 Å². The van der Waals surface area contributed by atoms with E-state index in [1.807, 2.05) is 6.92 Å². The molecule has 0 aromatic heterocycles. The van der Waals surface area contributed by atoms with Crippen molar-refractivity contribution < 1.29 is 29.6 Å². The van der Waals surface area contributed by atoms with Crippen LogP contribution in [0.15, 0.2) is 0 Å². The molecule has 0 aliphatic rings. The van der Waals surface area contributed by atoms with Gasteiger partial charge in [-0.05, 0) is 0 Å². The second-order valence-corrected chi connectivity index (χ2v) is 0.500.